The zero-order chi connectivity index (χ0) is 14.1. The summed E-state index contributed by atoms with van der Waals surface area (Å²) in [4.78, 5) is 12.0. The molecule has 1 aliphatic heterocycles. The zero-order valence-electron chi connectivity index (χ0n) is 11.2. The van der Waals surface area contributed by atoms with Gasteiger partial charge in [0.25, 0.3) is 0 Å². The topological polar surface area (TPSA) is 55.1 Å². The molecule has 1 saturated heterocycles. The summed E-state index contributed by atoms with van der Waals surface area (Å²) in [6.45, 7) is 4.01. The summed E-state index contributed by atoms with van der Waals surface area (Å²) in [5.74, 6) is 0.757. The number of hydrogen-bond donors (Lipinski definition) is 2. The molecule has 3 N–H and O–H groups in total. The largest absolute Gasteiger partial charge is 0.368 e. The van der Waals surface area contributed by atoms with E-state index in [-0.39, 0.29) is 11.2 Å². The molecule has 0 bridgehead atoms. The SMILES string of the molecule is CC1(C)CCSCC1(Nc1ccccc1F)C(N)=O. The number of primary amides is 1. The molecule has 1 heterocycles. The fourth-order valence-corrected chi connectivity index (χ4v) is 4.14. The maximum absolute atomic E-state index is 13.8. The standard InChI is InChI=1S/C14H19FN2OS/c1-13(2)7-8-19-9-14(13,12(16)18)17-11-6-4-3-5-10(11)15/h3-6,17H,7-9H2,1-2H3,(H2,16,18). The molecule has 1 aliphatic rings. The molecule has 0 radical (unpaired) electrons. The van der Waals surface area contributed by atoms with Crippen LogP contribution in [0.15, 0.2) is 24.3 Å². The van der Waals surface area contributed by atoms with Crippen molar-refractivity contribution in [2.75, 3.05) is 16.8 Å². The molecular formula is C14H19FN2OS. The smallest absolute Gasteiger partial charge is 0.244 e. The van der Waals surface area contributed by atoms with Crippen LogP contribution in [0.3, 0.4) is 0 Å². The van der Waals surface area contributed by atoms with Crippen molar-refractivity contribution in [2.24, 2.45) is 11.1 Å². The minimum Gasteiger partial charge on any atom is -0.368 e. The van der Waals surface area contributed by atoms with Crippen molar-refractivity contribution in [2.45, 2.75) is 25.8 Å². The lowest BCUT2D eigenvalue weighted by Crippen LogP contribution is -2.63. The van der Waals surface area contributed by atoms with E-state index in [0.717, 1.165) is 12.2 Å². The Bertz CT molecular complexity index is 492. The quantitative estimate of drug-likeness (QED) is 0.896. The second-order valence-electron chi connectivity index (χ2n) is 5.56. The van der Waals surface area contributed by atoms with Crippen molar-refractivity contribution < 1.29 is 9.18 Å². The fraction of sp³-hybridized carbons (Fsp3) is 0.500. The van der Waals surface area contributed by atoms with Crippen molar-refractivity contribution in [3.8, 4) is 0 Å². The average Bonchev–Trinajstić information content (AvgIpc) is 2.34. The summed E-state index contributed by atoms with van der Waals surface area (Å²) in [5.41, 5.74) is 4.74. The summed E-state index contributed by atoms with van der Waals surface area (Å²) in [5, 5.41) is 3.08. The van der Waals surface area contributed by atoms with Crippen LogP contribution in [0.2, 0.25) is 0 Å². The van der Waals surface area contributed by atoms with E-state index >= 15 is 0 Å². The number of halogens is 1. The van der Waals surface area contributed by atoms with Crippen molar-refractivity contribution in [1.29, 1.82) is 0 Å². The van der Waals surface area contributed by atoms with E-state index in [0.29, 0.717) is 11.4 Å². The Balaban J connectivity index is 2.41. The van der Waals surface area contributed by atoms with E-state index in [1.54, 1.807) is 30.0 Å². The van der Waals surface area contributed by atoms with Gasteiger partial charge in [-0.05, 0) is 29.7 Å². The molecule has 1 amide bonds. The van der Waals surface area contributed by atoms with Gasteiger partial charge >= 0.3 is 0 Å². The summed E-state index contributed by atoms with van der Waals surface area (Å²) in [7, 11) is 0. The summed E-state index contributed by atoms with van der Waals surface area (Å²) >= 11 is 1.67. The van der Waals surface area contributed by atoms with E-state index in [9.17, 15) is 9.18 Å². The number of anilines is 1. The molecule has 1 aromatic carbocycles. The van der Waals surface area contributed by atoms with Gasteiger partial charge in [0.05, 0.1) is 5.69 Å². The van der Waals surface area contributed by atoms with E-state index in [1.807, 2.05) is 13.8 Å². The monoisotopic (exact) mass is 282 g/mol. The number of thioether (sulfide) groups is 1. The van der Waals surface area contributed by atoms with Crippen LogP contribution in [0.4, 0.5) is 10.1 Å². The number of amides is 1. The second-order valence-corrected chi connectivity index (χ2v) is 6.67. The normalized spacial score (nSPS) is 25.8. The first-order chi connectivity index (χ1) is 8.89. The van der Waals surface area contributed by atoms with Crippen molar-refractivity contribution in [1.82, 2.24) is 0 Å². The molecule has 1 aromatic rings. The third-order valence-electron chi connectivity index (χ3n) is 3.99. The fourth-order valence-electron chi connectivity index (χ4n) is 2.43. The predicted molar refractivity (Wildman–Crippen MR) is 77.7 cm³/mol. The third kappa shape index (κ3) is 2.43. The van der Waals surface area contributed by atoms with Crippen LogP contribution >= 0.6 is 11.8 Å². The van der Waals surface area contributed by atoms with Gasteiger partial charge in [0.2, 0.25) is 5.91 Å². The van der Waals surface area contributed by atoms with Gasteiger partial charge in [0, 0.05) is 5.75 Å². The van der Waals surface area contributed by atoms with Gasteiger partial charge in [-0.25, -0.2) is 4.39 Å². The Morgan fingerprint density at radius 1 is 1.42 bits per heavy atom. The molecule has 5 heteroatoms. The molecule has 1 atom stereocenters. The number of nitrogens with one attached hydrogen (secondary N) is 1. The molecule has 19 heavy (non-hydrogen) atoms. The summed E-state index contributed by atoms with van der Waals surface area (Å²) in [6.07, 6.45) is 0.863. The summed E-state index contributed by atoms with van der Waals surface area (Å²) in [6, 6.07) is 6.37. The summed E-state index contributed by atoms with van der Waals surface area (Å²) < 4.78 is 13.8. The maximum Gasteiger partial charge on any atom is 0.244 e. The van der Waals surface area contributed by atoms with Crippen LogP contribution < -0.4 is 11.1 Å². The van der Waals surface area contributed by atoms with Crippen LogP contribution in [0.5, 0.6) is 0 Å². The van der Waals surface area contributed by atoms with Gasteiger partial charge in [-0.2, -0.15) is 11.8 Å². The lowest BCUT2D eigenvalue weighted by Gasteiger charge is -2.48. The Labute approximate surface area is 117 Å². The molecule has 1 fully saturated rings. The van der Waals surface area contributed by atoms with Crippen molar-refractivity contribution >= 4 is 23.4 Å². The highest BCUT2D eigenvalue weighted by Crippen LogP contribution is 2.44. The minimum atomic E-state index is -0.919. The average molecular weight is 282 g/mol. The molecule has 3 nitrogen and oxygen atoms in total. The highest BCUT2D eigenvalue weighted by atomic mass is 32.2. The number of nitrogens with two attached hydrogens (primary N) is 1. The number of para-hydroxylation sites is 1. The van der Waals surface area contributed by atoms with Gasteiger partial charge in [-0.1, -0.05) is 26.0 Å². The molecule has 0 aliphatic carbocycles. The van der Waals surface area contributed by atoms with E-state index in [1.165, 1.54) is 6.07 Å². The minimum absolute atomic E-state index is 0.313. The van der Waals surface area contributed by atoms with Crippen LogP contribution in [0.25, 0.3) is 0 Å². The Morgan fingerprint density at radius 3 is 2.68 bits per heavy atom. The molecule has 104 valence electrons. The number of benzene rings is 1. The predicted octanol–water partition coefficient (Wildman–Crippen LogP) is 2.62. The van der Waals surface area contributed by atoms with E-state index < -0.39 is 11.4 Å². The zero-order valence-corrected chi connectivity index (χ0v) is 12.0. The molecule has 0 spiro atoms. The molecule has 0 aromatic heterocycles. The van der Waals surface area contributed by atoms with Gasteiger partial charge in [0.1, 0.15) is 11.4 Å². The maximum atomic E-state index is 13.8. The van der Waals surface area contributed by atoms with Crippen LogP contribution in [0.1, 0.15) is 20.3 Å². The Kier molecular flexibility index (Phi) is 3.76. The van der Waals surface area contributed by atoms with E-state index in [2.05, 4.69) is 5.32 Å². The van der Waals surface area contributed by atoms with Crippen LogP contribution in [-0.2, 0) is 4.79 Å². The first-order valence-corrected chi connectivity index (χ1v) is 7.45. The Morgan fingerprint density at radius 2 is 2.11 bits per heavy atom. The second kappa shape index (κ2) is 5.04. The number of carbonyl (C=O) groups excluding carboxylic acids is 1. The lowest BCUT2D eigenvalue weighted by atomic mass is 9.70. The highest BCUT2D eigenvalue weighted by Gasteiger charge is 2.52. The lowest BCUT2D eigenvalue weighted by molar-refractivity contribution is -0.125. The van der Waals surface area contributed by atoms with Crippen LogP contribution in [-0.4, -0.2) is 23.0 Å². The molecule has 0 saturated carbocycles. The number of carbonyl (C=O) groups is 1. The van der Waals surface area contributed by atoms with Crippen molar-refractivity contribution in [3.63, 3.8) is 0 Å². The van der Waals surface area contributed by atoms with E-state index in [4.69, 9.17) is 5.73 Å². The van der Waals surface area contributed by atoms with Crippen molar-refractivity contribution in [3.05, 3.63) is 30.1 Å². The first-order valence-electron chi connectivity index (χ1n) is 6.29. The molecular weight excluding hydrogens is 263 g/mol. The van der Waals surface area contributed by atoms with Gasteiger partial charge in [-0.3, -0.25) is 4.79 Å². The van der Waals surface area contributed by atoms with Crippen LogP contribution in [0, 0.1) is 11.2 Å². The van der Waals surface area contributed by atoms with Gasteiger partial charge in [-0.15, -0.1) is 0 Å². The highest BCUT2D eigenvalue weighted by molar-refractivity contribution is 7.99. The number of hydrogen-bond acceptors (Lipinski definition) is 3. The third-order valence-corrected chi connectivity index (χ3v) is 5.12. The van der Waals surface area contributed by atoms with Gasteiger partial charge in [0.15, 0.2) is 0 Å². The first kappa shape index (κ1) is 14.2. The number of rotatable bonds is 3. The molecule has 2 rings (SSSR count). The molecule has 1 unspecified atom stereocenters. The Hall–Kier alpha value is -1.23. The van der Waals surface area contributed by atoms with Gasteiger partial charge < -0.3 is 11.1 Å².